The predicted octanol–water partition coefficient (Wildman–Crippen LogP) is 4.80. The van der Waals surface area contributed by atoms with E-state index in [-0.39, 0.29) is 5.91 Å². The molecule has 4 heteroatoms. The van der Waals surface area contributed by atoms with E-state index in [4.69, 9.17) is 11.6 Å². The van der Waals surface area contributed by atoms with E-state index in [1.807, 2.05) is 37.3 Å². The normalized spacial score (nSPS) is 10.3. The van der Waals surface area contributed by atoms with Crippen LogP contribution in [0.5, 0.6) is 0 Å². The van der Waals surface area contributed by atoms with Crippen molar-refractivity contribution >= 4 is 39.1 Å². The molecule has 2 nitrogen and oxygen atoms in total. The highest BCUT2D eigenvalue weighted by Gasteiger charge is 2.09. The first-order valence-corrected chi connectivity index (χ1v) is 7.32. The average Bonchev–Trinajstić information content (AvgIpc) is 2.42. The zero-order valence-corrected chi connectivity index (χ0v) is 12.8. The highest BCUT2D eigenvalue weighted by atomic mass is 79.9. The van der Waals surface area contributed by atoms with Crippen LogP contribution in [0.3, 0.4) is 0 Å². The van der Waals surface area contributed by atoms with Crippen LogP contribution in [0.2, 0.25) is 5.02 Å². The number of hydrogen-bond donors (Lipinski definition) is 1. The third kappa shape index (κ3) is 3.58. The Morgan fingerprint density at radius 1 is 1.21 bits per heavy atom. The molecule has 2 rings (SSSR count). The van der Waals surface area contributed by atoms with Gasteiger partial charge in [-0.05, 0) is 42.3 Å². The van der Waals surface area contributed by atoms with Crippen LogP contribution in [0.4, 0.5) is 5.69 Å². The van der Waals surface area contributed by atoms with Crippen molar-refractivity contribution in [2.45, 2.75) is 12.3 Å². The molecule has 98 valence electrons. The van der Waals surface area contributed by atoms with E-state index < -0.39 is 0 Å². The van der Waals surface area contributed by atoms with Gasteiger partial charge in [-0.2, -0.15) is 0 Å². The lowest BCUT2D eigenvalue weighted by Crippen LogP contribution is -2.13. The average molecular weight is 339 g/mol. The van der Waals surface area contributed by atoms with Crippen molar-refractivity contribution in [1.82, 2.24) is 0 Å². The molecule has 0 aliphatic heterocycles. The fourth-order valence-electron chi connectivity index (χ4n) is 1.71. The summed E-state index contributed by atoms with van der Waals surface area (Å²) in [5.41, 5.74) is 3.43. The number of halogens is 2. The molecule has 19 heavy (non-hydrogen) atoms. The van der Waals surface area contributed by atoms with Crippen LogP contribution in [0.1, 0.15) is 21.5 Å². The number of benzene rings is 2. The Morgan fingerprint density at radius 3 is 2.53 bits per heavy atom. The number of hydrogen-bond acceptors (Lipinski definition) is 1. The first-order valence-electron chi connectivity index (χ1n) is 5.82. The fraction of sp³-hybridized carbons (Fsp3) is 0.133. The van der Waals surface area contributed by atoms with Crippen LogP contribution in [0.25, 0.3) is 0 Å². The molecule has 0 aromatic heterocycles. The van der Waals surface area contributed by atoms with Crippen molar-refractivity contribution in [3.8, 4) is 0 Å². The Bertz CT molecular complexity index is 596. The summed E-state index contributed by atoms with van der Waals surface area (Å²) in [4.78, 5) is 12.2. The number of anilines is 1. The van der Waals surface area contributed by atoms with E-state index in [0.717, 1.165) is 22.1 Å². The van der Waals surface area contributed by atoms with E-state index in [2.05, 4.69) is 21.2 Å². The first kappa shape index (κ1) is 14.1. The maximum Gasteiger partial charge on any atom is 0.255 e. The van der Waals surface area contributed by atoms with E-state index in [9.17, 15) is 4.79 Å². The predicted molar refractivity (Wildman–Crippen MR) is 83.2 cm³/mol. The van der Waals surface area contributed by atoms with Gasteiger partial charge in [-0.3, -0.25) is 4.79 Å². The fourth-order valence-corrected chi connectivity index (χ4v) is 2.26. The summed E-state index contributed by atoms with van der Waals surface area (Å²) in [6, 6.07) is 13.0. The van der Waals surface area contributed by atoms with Crippen molar-refractivity contribution in [3.05, 3.63) is 64.2 Å². The number of nitrogens with one attached hydrogen (secondary N) is 1. The smallest absolute Gasteiger partial charge is 0.255 e. The number of aryl methyl sites for hydroxylation is 1. The van der Waals surface area contributed by atoms with E-state index in [1.165, 1.54) is 0 Å². The Labute approximate surface area is 125 Å². The summed E-state index contributed by atoms with van der Waals surface area (Å²) in [6.45, 7) is 1.89. The van der Waals surface area contributed by atoms with Gasteiger partial charge in [0.05, 0.1) is 0 Å². The molecular formula is C15H13BrClNO. The van der Waals surface area contributed by atoms with Gasteiger partial charge in [0, 0.05) is 21.6 Å². The van der Waals surface area contributed by atoms with Crippen LogP contribution < -0.4 is 5.32 Å². The Balaban J connectivity index is 2.18. The van der Waals surface area contributed by atoms with Crippen molar-refractivity contribution in [2.75, 3.05) is 5.32 Å². The van der Waals surface area contributed by atoms with Crippen molar-refractivity contribution in [1.29, 1.82) is 0 Å². The summed E-state index contributed by atoms with van der Waals surface area (Å²) < 4.78 is 0. The van der Waals surface area contributed by atoms with Crippen molar-refractivity contribution in [2.24, 2.45) is 0 Å². The molecule has 2 aromatic carbocycles. The van der Waals surface area contributed by atoms with Gasteiger partial charge in [0.2, 0.25) is 0 Å². The minimum Gasteiger partial charge on any atom is -0.322 e. The summed E-state index contributed by atoms with van der Waals surface area (Å²) in [7, 11) is 0. The molecule has 1 amide bonds. The van der Waals surface area contributed by atoms with Gasteiger partial charge in [0.1, 0.15) is 0 Å². The van der Waals surface area contributed by atoms with Crippen molar-refractivity contribution < 1.29 is 4.79 Å². The molecule has 0 bridgehead atoms. The number of carbonyl (C=O) groups is 1. The quantitative estimate of drug-likeness (QED) is 0.801. The van der Waals surface area contributed by atoms with Gasteiger partial charge >= 0.3 is 0 Å². The topological polar surface area (TPSA) is 29.1 Å². The second-order valence-electron chi connectivity index (χ2n) is 4.24. The molecule has 0 heterocycles. The monoisotopic (exact) mass is 337 g/mol. The second kappa shape index (κ2) is 6.22. The van der Waals surface area contributed by atoms with Gasteiger partial charge in [0.15, 0.2) is 0 Å². The van der Waals surface area contributed by atoms with Gasteiger partial charge in [-0.25, -0.2) is 0 Å². The Hall–Kier alpha value is -1.32. The SMILES string of the molecule is Cc1ccc(Cl)cc1C(=O)Nc1ccc(CBr)cc1. The highest BCUT2D eigenvalue weighted by molar-refractivity contribution is 9.08. The largest absolute Gasteiger partial charge is 0.322 e. The summed E-state index contributed by atoms with van der Waals surface area (Å²) in [6.07, 6.45) is 0. The maximum absolute atomic E-state index is 12.2. The van der Waals surface area contributed by atoms with Crippen LogP contribution in [0, 0.1) is 6.92 Å². The Kier molecular flexibility index (Phi) is 4.61. The minimum absolute atomic E-state index is 0.147. The van der Waals surface area contributed by atoms with Crippen LogP contribution >= 0.6 is 27.5 Å². The molecule has 0 aliphatic rings. The van der Waals surface area contributed by atoms with Gasteiger partial charge in [-0.1, -0.05) is 45.7 Å². The van der Waals surface area contributed by atoms with Crippen LogP contribution in [0.15, 0.2) is 42.5 Å². The molecule has 0 atom stereocenters. The summed E-state index contributed by atoms with van der Waals surface area (Å²) in [5, 5.41) is 4.23. The number of amides is 1. The second-order valence-corrected chi connectivity index (χ2v) is 5.24. The molecule has 0 saturated heterocycles. The molecule has 0 unspecified atom stereocenters. The maximum atomic E-state index is 12.2. The third-order valence-corrected chi connectivity index (χ3v) is 3.69. The van der Waals surface area contributed by atoms with Gasteiger partial charge < -0.3 is 5.32 Å². The van der Waals surface area contributed by atoms with E-state index in [1.54, 1.807) is 12.1 Å². The number of carbonyl (C=O) groups excluding carboxylic acids is 1. The highest BCUT2D eigenvalue weighted by Crippen LogP contribution is 2.18. The summed E-state index contributed by atoms with van der Waals surface area (Å²) >= 11 is 9.30. The van der Waals surface area contributed by atoms with Crippen LogP contribution in [-0.2, 0) is 5.33 Å². The van der Waals surface area contributed by atoms with Gasteiger partial charge in [0.25, 0.3) is 5.91 Å². The lowest BCUT2D eigenvalue weighted by Gasteiger charge is -2.08. The first-order chi connectivity index (χ1) is 9.10. The standard InChI is InChI=1S/C15H13BrClNO/c1-10-2-5-12(17)8-14(10)15(19)18-13-6-3-11(9-16)4-7-13/h2-8H,9H2,1H3,(H,18,19). The third-order valence-electron chi connectivity index (χ3n) is 2.81. The Morgan fingerprint density at radius 2 is 1.89 bits per heavy atom. The molecule has 0 saturated carbocycles. The number of alkyl halides is 1. The number of rotatable bonds is 3. The molecular weight excluding hydrogens is 326 g/mol. The molecule has 2 aromatic rings. The molecule has 0 fully saturated rings. The summed E-state index contributed by atoms with van der Waals surface area (Å²) in [5.74, 6) is -0.147. The molecule has 0 aliphatic carbocycles. The van der Waals surface area contributed by atoms with E-state index in [0.29, 0.717) is 10.6 Å². The lowest BCUT2D eigenvalue weighted by molar-refractivity contribution is 0.102. The molecule has 0 spiro atoms. The zero-order valence-electron chi connectivity index (χ0n) is 10.4. The van der Waals surface area contributed by atoms with Crippen LogP contribution in [-0.4, -0.2) is 5.91 Å². The lowest BCUT2D eigenvalue weighted by atomic mass is 10.1. The van der Waals surface area contributed by atoms with Crippen molar-refractivity contribution in [3.63, 3.8) is 0 Å². The van der Waals surface area contributed by atoms with Gasteiger partial charge in [-0.15, -0.1) is 0 Å². The molecule has 1 N–H and O–H groups in total. The molecule has 0 radical (unpaired) electrons. The minimum atomic E-state index is -0.147. The van der Waals surface area contributed by atoms with E-state index >= 15 is 0 Å². The zero-order chi connectivity index (χ0) is 13.8.